The largest absolute Gasteiger partial charge is 0.374 e. The molecule has 4 heteroatoms. The summed E-state index contributed by atoms with van der Waals surface area (Å²) < 4.78 is 5.84. The van der Waals surface area contributed by atoms with Crippen molar-refractivity contribution in [2.45, 2.75) is 44.2 Å². The van der Waals surface area contributed by atoms with Crippen LogP contribution in [0.4, 0.5) is 5.82 Å². The summed E-state index contributed by atoms with van der Waals surface area (Å²) in [7, 11) is 0. The second-order valence-corrected chi connectivity index (χ2v) is 5.42. The van der Waals surface area contributed by atoms with Crippen LogP contribution in [0.1, 0.15) is 30.5 Å². The number of rotatable bonds is 2. The molecule has 1 aliphatic carbocycles. The molecule has 0 N–H and O–H groups in total. The van der Waals surface area contributed by atoms with Crippen LogP contribution in [0.3, 0.4) is 0 Å². The lowest BCUT2D eigenvalue weighted by Gasteiger charge is -2.38. The Morgan fingerprint density at radius 2 is 2.33 bits per heavy atom. The number of morpholine rings is 1. The number of fused-ring (bicyclic) bond motifs is 1. The zero-order valence-electron chi connectivity index (χ0n) is 10.7. The number of ether oxygens (including phenoxy) is 1. The molecule has 0 aromatic carbocycles. The van der Waals surface area contributed by atoms with E-state index in [1.54, 1.807) is 0 Å². The highest BCUT2D eigenvalue weighted by molar-refractivity contribution is 6.17. The van der Waals surface area contributed by atoms with Gasteiger partial charge < -0.3 is 9.64 Å². The number of aromatic nitrogens is 1. The van der Waals surface area contributed by atoms with Crippen molar-refractivity contribution in [1.29, 1.82) is 0 Å². The van der Waals surface area contributed by atoms with Gasteiger partial charge in [0.25, 0.3) is 0 Å². The zero-order chi connectivity index (χ0) is 12.5. The maximum Gasteiger partial charge on any atom is 0.129 e. The van der Waals surface area contributed by atoms with Gasteiger partial charge in [-0.2, -0.15) is 0 Å². The van der Waals surface area contributed by atoms with Crippen molar-refractivity contribution in [1.82, 2.24) is 4.98 Å². The van der Waals surface area contributed by atoms with Gasteiger partial charge in [-0.1, -0.05) is 6.07 Å². The molecule has 2 aliphatic rings. The van der Waals surface area contributed by atoms with E-state index >= 15 is 0 Å². The fraction of sp³-hybridized carbons (Fsp3) is 0.643. The van der Waals surface area contributed by atoms with Crippen LogP contribution in [0.5, 0.6) is 0 Å². The molecule has 0 amide bonds. The summed E-state index contributed by atoms with van der Waals surface area (Å²) in [4.78, 5) is 7.14. The minimum Gasteiger partial charge on any atom is -0.374 e. The summed E-state index contributed by atoms with van der Waals surface area (Å²) in [6.45, 7) is 3.81. The normalized spacial score (nSPS) is 27.3. The van der Waals surface area contributed by atoms with E-state index in [0.717, 1.165) is 30.2 Å². The number of pyridine rings is 1. The molecular weight excluding hydrogens is 248 g/mol. The molecule has 98 valence electrons. The maximum absolute atomic E-state index is 5.89. The van der Waals surface area contributed by atoms with Crippen molar-refractivity contribution in [3.8, 4) is 0 Å². The van der Waals surface area contributed by atoms with Crippen molar-refractivity contribution in [2.24, 2.45) is 0 Å². The van der Waals surface area contributed by atoms with Gasteiger partial charge in [0.2, 0.25) is 0 Å². The molecule has 1 aromatic heterocycles. The van der Waals surface area contributed by atoms with E-state index in [9.17, 15) is 0 Å². The minimum absolute atomic E-state index is 0.411. The highest BCUT2D eigenvalue weighted by Crippen LogP contribution is 2.32. The number of hydrogen-bond donors (Lipinski definition) is 0. The molecule has 1 saturated heterocycles. The highest BCUT2D eigenvalue weighted by atomic mass is 35.5. The van der Waals surface area contributed by atoms with Crippen molar-refractivity contribution in [2.75, 3.05) is 18.1 Å². The van der Waals surface area contributed by atoms with Gasteiger partial charge in [0, 0.05) is 18.1 Å². The molecule has 2 heterocycles. The fourth-order valence-electron chi connectivity index (χ4n) is 3.09. The third-order valence-electron chi connectivity index (χ3n) is 4.10. The van der Waals surface area contributed by atoms with Gasteiger partial charge >= 0.3 is 0 Å². The van der Waals surface area contributed by atoms with Crippen LogP contribution >= 0.6 is 11.6 Å². The van der Waals surface area contributed by atoms with Crippen LogP contribution in [-0.4, -0.2) is 30.3 Å². The van der Waals surface area contributed by atoms with Gasteiger partial charge in [0.05, 0.1) is 18.8 Å². The summed E-state index contributed by atoms with van der Waals surface area (Å²) in [6, 6.07) is 4.72. The van der Waals surface area contributed by atoms with E-state index in [-0.39, 0.29) is 0 Å². The third kappa shape index (κ3) is 2.10. The molecule has 2 fully saturated rings. The number of alkyl halides is 1. The van der Waals surface area contributed by atoms with Gasteiger partial charge in [0.15, 0.2) is 0 Å². The lowest BCUT2D eigenvalue weighted by Crippen LogP contribution is -2.49. The summed E-state index contributed by atoms with van der Waals surface area (Å²) in [5.74, 6) is 1.62. The minimum atomic E-state index is 0.411. The first kappa shape index (κ1) is 12.2. The van der Waals surface area contributed by atoms with Crippen molar-refractivity contribution in [3.05, 3.63) is 23.4 Å². The molecule has 0 bridgehead atoms. The van der Waals surface area contributed by atoms with Crippen molar-refractivity contribution in [3.63, 3.8) is 0 Å². The molecule has 2 atom stereocenters. The van der Waals surface area contributed by atoms with Crippen LogP contribution in [0.15, 0.2) is 12.1 Å². The first-order valence-electron chi connectivity index (χ1n) is 6.70. The Balaban J connectivity index is 1.87. The summed E-state index contributed by atoms with van der Waals surface area (Å²) in [5.41, 5.74) is 2.17. The standard InChI is InChI=1S/C14H19ClN2O/c1-10-11(9-15)5-6-14(16-10)17-7-8-18-13-4-2-3-12(13)17/h5-6,12-13H,2-4,7-9H2,1H3. The topological polar surface area (TPSA) is 25.4 Å². The third-order valence-corrected chi connectivity index (χ3v) is 4.39. The molecule has 1 aromatic rings. The molecule has 1 aliphatic heterocycles. The van der Waals surface area contributed by atoms with Crippen LogP contribution in [0.25, 0.3) is 0 Å². The Bertz CT molecular complexity index is 438. The zero-order valence-corrected chi connectivity index (χ0v) is 11.5. The molecule has 1 saturated carbocycles. The Morgan fingerprint density at radius 3 is 3.11 bits per heavy atom. The first-order valence-corrected chi connectivity index (χ1v) is 7.24. The van der Waals surface area contributed by atoms with E-state index in [1.807, 2.05) is 6.92 Å². The lowest BCUT2D eigenvalue weighted by molar-refractivity contribution is 0.0253. The van der Waals surface area contributed by atoms with Crippen molar-refractivity contribution >= 4 is 17.4 Å². The van der Waals surface area contributed by atoms with Crippen molar-refractivity contribution < 1.29 is 4.74 Å². The first-order chi connectivity index (χ1) is 8.79. The van der Waals surface area contributed by atoms with Crippen LogP contribution in [-0.2, 0) is 10.6 Å². The van der Waals surface area contributed by atoms with Crippen LogP contribution in [0.2, 0.25) is 0 Å². The molecule has 2 unspecified atom stereocenters. The van der Waals surface area contributed by atoms with Gasteiger partial charge in [-0.25, -0.2) is 4.98 Å². The Kier molecular flexibility index (Phi) is 3.44. The Labute approximate surface area is 113 Å². The summed E-state index contributed by atoms with van der Waals surface area (Å²) in [6.07, 6.45) is 4.10. The molecule has 18 heavy (non-hydrogen) atoms. The van der Waals surface area contributed by atoms with Gasteiger partial charge in [0.1, 0.15) is 5.82 Å². The number of hydrogen-bond acceptors (Lipinski definition) is 3. The number of anilines is 1. The van der Waals surface area contributed by atoms with Gasteiger partial charge in [-0.3, -0.25) is 0 Å². The fourth-order valence-corrected chi connectivity index (χ4v) is 3.37. The second-order valence-electron chi connectivity index (χ2n) is 5.15. The number of nitrogens with zero attached hydrogens (tertiary/aromatic N) is 2. The van der Waals surface area contributed by atoms with E-state index < -0.39 is 0 Å². The molecule has 0 spiro atoms. The predicted octanol–water partition coefficient (Wildman–Crippen LogP) is 2.89. The van der Waals surface area contributed by atoms with E-state index in [1.165, 1.54) is 19.3 Å². The monoisotopic (exact) mass is 266 g/mol. The van der Waals surface area contributed by atoms with E-state index in [2.05, 4.69) is 17.0 Å². The Morgan fingerprint density at radius 1 is 1.44 bits per heavy atom. The smallest absolute Gasteiger partial charge is 0.129 e. The highest BCUT2D eigenvalue weighted by Gasteiger charge is 2.36. The van der Waals surface area contributed by atoms with Gasteiger partial charge in [-0.05, 0) is 37.8 Å². The SMILES string of the molecule is Cc1nc(N2CCOC3CCCC32)ccc1CCl. The van der Waals surface area contributed by atoms with Crippen LogP contribution in [0, 0.1) is 6.92 Å². The van der Waals surface area contributed by atoms with Crippen LogP contribution < -0.4 is 4.90 Å². The van der Waals surface area contributed by atoms with E-state index in [0.29, 0.717) is 18.0 Å². The maximum atomic E-state index is 5.89. The average molecular weight is 267 g/mol. The quantitative estimate of drug-likeness (QED) is 0.770. The molecule has 3 nitrogen and oxygen atoms in total. The van der Waals surface area contributed by atoms with E-state index in [4.69, 9.17) is 21.3 Å². The summed E-state index contributed by atoms with van der Waals surface area (Å²) >= 11 is 5.89. The predicted molar refractivity (Wildman–Crippen MR) is 73.3 cm³/mol. The summed E-state index contributed by atoms with van der Waals surface area (Å²) in [5, 5.41) is 0. The second kappa shape index (κ2) is 5.06. The Hall–Kier alpha value is -0.800. The molecular formula is C14H19ClN2O. The van der Waals surface area contributed by atoms with Gasteiger partial charge in [-0.15, -0.1) is 11.6 Å². The molecule has 3 rings (SSSR count). The number of aryl methyl sites for hydroxylation is 1. The molecule has 0 radical (unpaired) electrons. The average Bonchev–Trinajstić information content (AvgIpc) is 2.86. The number of halogens is 1. The lowest BCUT2D eigenvalue weighted by atomic mass is 10.1.